The third-order valence-electron chi connectivity index (χ3n) is 5.26. The maximum atomic E-state index is 11.0. The smallest absolute Gasteiger partial charge is 0.176 e. The van der Waals surface area contributed by atoms with Crippen molar-refractivity contribution in [1.29, 1.82) is 0 Å². The van der Waals surface area contributed by atoms with Gasteiger partial charge in [-0.15, -0.1) is 0 Å². The van der Waals surface area contributed by atoms with E-state index in [0.29, 0.717) is 13.2 Å². The van der Waals surface area contributed by atoms with E-state index in [2.05, 4.69) is 15.1 Å². The summed E-state index contributed by atoms with van der Waals surface area (Å²) in [5, 5.41) is 14.5. The molecule has 1 aromatic carbocycles. The van der Waals surface area contributed by atoms with Gasteiger partial charge in [0.2, 0.25) is 0 Å². The first-order valence-corrected chi connectivity index (χ1v) is 9.16. The molecule has 0 radical (unpaired) electrons. The van der Waals surface area contributed by atoms with Gasteiger partial charge in [0, 0.05) is 25.2 Å². The summed E-state index contributed by atoms with van der Waals surface area (Å²) in [7, 11) is 7.77. The topological polar surface area (TPSA) is 66.4 Å². The molecular weight excluding hydrogens is 334 g/mol. The minimum Gasteiger partial charge on any atom is -0.496 e. The highest BCUT2D eigenvalue weighted by molar-refractivity contribution is 5.33. The number of nitrogens with zero attached hydrogens (tertiary/aromatic N) is 2. The zero-order valence-electron chi connectivity index (χ0n) is 16.1. The van der Waals surface area contributed by atoms with E-state index < -0.39 is 6.10 Å². The fourth-order valence-electron chi connectivity index (χ4n) is 3.71. The normalized spacial score (nSPS) is 31.0. The summed E-state index contributed by atoms with van der Waals surface area (Å²) >= 11 is 0. The van der Waals surface area contributed by atoms with Gasteiger partial charge in [-0.2, -0.15) is 0 Å². The molecule has 0 amide bonds. The van der Waals surface area contributed by atoms with Gasteiger partial charge in [-0.25, -0.2) is 0 Å². The van der Waals surface area contributed by atoms with Gasteiger partial charge in [0.1, 0.15) is 11.9 Å². The fourth-order valence-corrected chi connectivity index (χ4v) is 3.71. The summed E-state index contributed by atoms with van der Waals surface area (Å²) in [5.74, 6) is 0.839. The highest BCUT2D eigenvalue weighted by atomic mass is 16.7. The third-order valence-corrected chi connectivity index (χ3v) is 5.26. The third kappa shape index (κ3) is 4.19. The molecule has 0 saturated carbocycles. The highest BCUT2D eigenvalue weighted by Gasteiger charge is 2.51. The molecule has 2 saturated heterocycles. The molecule has 2 fully saturated rings. The Balaban J connectivity index is 1.67. The fraction of sp³-hybridized carbons (Fsp3) is 0.684. The van der Waals surface area contributed by atoms with Crippen LogP contribution in [0.3, 0.4) is 0 Å². The van der Waals surface area contributed by atoms with Crippen LogP contribution in [0.5, 0.6) is 5.75 Å². The van der Waals surface area contributed by atoms with Crippen molar-refractivity contribution in [2.45, 2.75) is 37.1 Å². The van der Waals surface area contributed by atoms with Gasteiger partial charge in [0.05, 0.1) is 31.9 Å². The SMILES string of the molecule is COc1ccccc1CNC1C2COC(O2)C(N(C)CCN(C)C)C1O. The Bertz CT molecular complexity index is 586. The van der Waals surface area contributed by atoms with Gasteiger partial charge >= 0.3 is 0 Å². The van der Waals surface area contributed by atoms with Crippen LogP contribution in [0.25, 0.3) is 0 Å². The van der Waals surface area contributed by atoms with Crippen LogP contribution in [-0.4, -0.2) is 93.4 Å². The monoisotopic (exact) mass is 365 g/mol. The molecule has 146 valence electrons. The summed E-state index contributed by atoms with van der Waals surface area (Å²) in [6, 6.07) is 7.52. The summed E-state index contributed by atoms with van der Waals surface area (Å²) in [6.45, 7) is 2.85. The Morgan fingerprint density at radius 2 is 2.00 bits per heavy atom. The van der Waals surface area contributed by atoms with Crippen LogP contribution < -0.4 is 10.1 Å². The maximum Gasteiger partial charge on any atom is 0.176 e. The molecule has 2 N–H and O–H groups in total. The van der Waals surface area contributed by atoms with E-state index in [0.717, 1.165) is 24.4 Å². The Hall–Kier alpha value is -1.22. The summed E-state index contributed by atoms with van der Waals surface area (Å²) in [6.07, 6.45) is -1.07. The number of hydrogen-bond donors (Lipinski definition) is 2. The zero-order valence-corrected chi connectivity index (χ0v) is 16.1. The lowest BCUT2D eigenvalue weighted by Crippen LogP contribution is -2.64. The standard InChI is InChI=1S/C19H31N3O4/c1-21(2)9-10-22(3)17-18(23)16(15-12-25-19(17)26-15)20-11-13-7-5-6-8-14(13)24-4/h5-8,15-20,23H,9-12H2,1-4H3. The molecule has 7 heteroatoms. The number of rotatable bonds is 8. The summed E-state index contributed by atoms with van der Waals surface area (Å²) in [4.78, 5) is 4.26. The van der Waals surface area contributed by atoms with E-state index in [1.807, 2.05) is 45.4 Å². The Morgan fingerprint density at radius 1 is 1.23 bits per heavy atom. The van der Waals surface area contributed by atoms with Gasteiger partial charge < -0.3 is 29.5 Å². The van der Waals surface area contributed by atoms with Crippen LogP contribution in [0.15, 0.2) is 24.3 Å². The molecule has 3 rings (SSSR count). The average Bonchev–Trinajstić information content (AvgIpc) is 3.05. The van der Waals surface area contributed by atoms with Crippen LogP contribution >= 0.6 is 0 Å². The molecule has 26 heavy (non-hydrogen) atoms. The number of nitrogens with one attached hydrogen (secondary N) is 1. The lowest BCUT2D eigenvalue weighted by Gasteiger charge is -2.43. The van der Waals surface area contributed by atoms with E-state index in [1.54, 1.807) is 7.11 Å². The zero-order chi connectivity index (χ0) is 18.7. The first-order valence-electron chi connectivity index (χ1n) is 9.16. The van der Waals surface area contributed by atoms with E-state index in [-0.39, 0.29) is 24.5 Å². The number of aliphatic hydroxyl groups is 1. The van der Waals surface area contributed by atoms with E-state index in [9.17, 15) is 5.11 Å². The molecule has 5 atom stereocenters. The van der Waals surface area contributed by atoms with Crippen LogP contribution in [0.4, 0.5) is 0 Å². The Morgan fingerprint density at radius 3 is 2.73 bits per heavy atom. The number of methoxy groups -OCH3 is 1. The van der Waals surface area contributed by atoms with Crippen molar-refractivity contribution in [2.24, 2.45) is 0 Å². The summed E-state index contributed by atoms with van der Waals surface area (Å²) in [5.41, 5.74) is 1.06. The minimum atomic E-state index is -0.567. The molecule has 2 aliphatic rings. The maximum absolute atomic E-state index is 11.0. The first kappa shape index (κ1) is 19.5. The van der Waals surface area contributed by atoms with Crippen LogP contribution in [0.1, 0.15) is 5.56 Å². The predicted molar refractivity (Wildman–Crippen MR) is 99.2 cm³/mol. The van der Waals surface area contributed by atoms with Crippen molar-refractivity contribution in [2.75, 3.05) is 47.9 Å². The van der Waals surface area contributed by atoms with Crippen LogP contribution in [0.2, 0.25) is 0 Å². The summed E-state index contributed by atoms with van der Waals surface area (Å²) < 4.78 is 17.3. The van der Waals surface area contributed by atoms with Gasteiger partial charge in [-0.05, 0) is 27.2 Å². The number of likely N-dealkylation sites (N-methyl/N-ethyl adjacent to an activating group) is 2. The van der Waals surface area contributed by atoms with Gasteiger partial charge in [0.15, 0.2) is 6.29 Å². The molecule has 5 unspecified atom stereocenters. The molecule has 2 bridgehead atoms. The molecule has 2 heterocycles. The van der Waals surface area contributed by atoms with Crippen molar-refractivity contribution >= 4 is 0 Å². The van der Waals surface area contributed by atoms with Crippen molar-refractivity contribution in [3.05, 3.63) is 29.8 Å². The molecule has 0 aliphatic carbocycles. The average molecular weight is 365 g/mol. The Kier molecular flexibility index (Phi) is 6.50. The minimum absolute atomic E-state index is 0.136. The number of para-hydroxylation sites is 1. The van der Waals surface area contributed by atoms with E-state index in [4.69, 9.17) is 14.2 Å². The molecule has 7 nitrogen and oxygen atoms in total. The molecule has 0 aromatic heterocycles. The van der Waals surface area contributed by atoms with Gasteiger partial charge in [-0.3, -0.25) is 4.90 Å². The van der Waals surface area contributed by atoms with Gasteiger partial charge in [-0.1, -0.05) is 18.2 Å². The second-order valence-electron chi connectivity index (χ2n) is 7.36. The quantitative estimate of drug-likeness (QED) is 0.679. The second-order valence-corrected chi connectivity index (χ2v) is 7.36. The van der Waals surface area contributed by atoms with Crippen LogP contribution in [0, 0.1) is 0 Å². The van der Waals surface area contributed by atoms with Crippen molar-refractivity contribution < 1.29 is 19.3 Å². The first-order chi connectivity index (χ1) is 12.5. The molecule has 2 aliphatic heterocycles. The number of fused-ring (bicyclic) bond motifs is 2. The Labute approximate surface area is 155 Å². The van der Waals surface area contributed by atoms with Crippen LogP contribution in [-0.2, 0) is 16.0 Å². The number of benzene rings is 1. The van der Waals surface area contributed by atoms with Crippen molar-refractivity contribution in [3.8, 4) is 5.75 Å². The van der Waals surface area contributed by atoms with Crippen molar-refractivity contribution in [1.82, 2.24) is 15.1 Å². The van der Waals surface area contributed by atoms with Crippen molar-refractivity contribution in [3.63, 3.8) is 0 Å². The molecule has 0 spiro atoms. The molecule has 1 aromatic rings. The van der Waals surface area contributed by atoms with E-state index >= 15 is 0 Å². The predicted octanol–water partition coefficient (Wildman–Crippen LogP) is 0.131. The lowest BCUT2D eigenvalue weighted by atomic mass is 9.94. The number of hydrogen-bond acceptors (Lipinski definition) is 7. The molecular formula is C19H31N3O4. The van der Waals surface area contributed by atoms with Gasteiger partial charge in [0.25, 0.3) is 0 Å². The van der Waals surface area contributed by atoms with E-state index in [1.165, 1.54) is 0 Å². The number of ether oxygens (including phenoxy) is 3. The largest absolute Gasteiger partial charge is 0.496 e. The number of aliphatic hydroxyl groups excluding tert-OH is 1. The second kappa shape index (κ2) is 8.65. The lowest BCUT2D eigenvalue weighted by molar-refractivity contribution is -0.179. The highest BCUT2D eigenvalue weighted by Crippen LogP contribution is 2.31.